The quantitative estimate of drug-likeness (QED) is 0.647. The van der Waals surface area contributed by atoms with Crippen molar-refractivity contribution < 1.29 is 19.1 Å². The van der Waals surface area contributed by atoms with Crippen molar-refractivity contribution in [2.45, 2.75) is 56.7 Å². The Balaban J connectivity index is 1.14. The maximum Gasteiger partial charge on any atom is 0.325 e. The first-order valence-electron chi connectivity index (χ1n) is 11.0. The molecule has 8 heteroatoms. The number of imide groups is 1. The smallest absolute Gasteiger partial charge is 0.325 e. The summed E-state index contributed by atoms with van der Waals surface area (Å²) in [6, 6.07) is 12.4. The van der Waals surface area contributed by atoms with Gasteiger partial charge in [0, 0.05) is 24.2 Å². The summed E-state index contributed by atoms with van der Waals surface area (Å²) in [6.07, 6.45) is 5.58. The molecule has 3 fully saturated rings. The first kappa shape index (κ1) is 20.5. The number of hydrogen-bond donors (Lipinski definition) is 2. The predicted octanol–water partition coefficient (Wildman–Crippen LogP) is 1.96. The molecule has 3 N–H and O–H groups in total. The molecule has 1 aromatic carbocycles. The van der Waals surface area contributed by atoms with Crippen LogP contribution in [-0.2, 0) is 22.4 Å². The fourth-order valence-electron chi connectivity index (χ4n) is 5.34. The van der Waals surface area contributed by atoms with Gasteiger partial charge < -0.3 is 15.8 Å². The number of nitrogens with two attached hydrogens (primary N) is 1. The number of urea groups is 1. The minimum atomic E-state index is -0.494. The second-order valence-electron chi connectivity index (χ2n) is 9.22. The van der Waals surface area contributed by atoms with Crippen molar-refractivity contribution in [1.29, 1.82) is 0 Å². The van der Waals surface area contributed by atoms with Gasteiger partial charge in [0.25, 0.3) is 5.91 Å². The maximum atomic E-state index is 12.9. The number of carbonyl (C=O) groups excluding carboxylic acids is 3. The second kappa shape index (κ2) is 7.93. The van der Waals surface area contributed by atoms with Crippen LogP contribution < -0.4 is 15.8 Å². The molecule has 1 aliphatic heterocycles. The average Bonchev–Trinajstić information content (AvgIpc) is 2.97. The Hall–Kier alpha value is -3.42. The van der Waals surface area contributed by atoms with Gasteiger partial charge in [0.2, 0.25) is 11.8 Å². The molecule has 0 bridgehead atoms. The predicted molar refractivity (Wildman–Crippen MR) is 116 cm³/mol. The number of hydrogen-bond acceptors (Lipinski definition) is 5. The highest BCUT2D eigenvalue weighted by Crippen LogP contribution is 2.58. The van der Waals surface area contributed by atoms with Crippen LogP contribution in [-0.4, -0.2) is 45.9 Å². The van der Waals surface area contributed by atoms with Gasteiger partial charge in [0.05, 0.1) is 6.42 Å². The van der Waals surface area contributed by atoms with Gasteiger partial charge in [-0.25, -0.2) is 9.78 Å². The molecule has 8 nitrogen and oxygen atoms in total. The van der Waals surface area contributed by atoms with E-state index in [0.29, 0.717) is 17.9 Å². The SMILES string of the molecule is NC(=O)Cc1cccnc1OC1CC2(C1)CC(N1C(=O)N[C@H](Cc3ccccc3)C1=O)C2. The van der Waals surface area contributed by atoms with Crippen LogP contribution in [0, 0.1) is 5.41 Å². The number of primary amides is 1. The number of nitrogens with zero attached hydrogens (tertiary/aromatic N) is 2. The average molecular weight is 434 g/mol. The Kier molecular flexibility index (Phi) is 5.07. The summed E-state index contributed by atoms with van der Waals surface area (Å²) < 4.78 is 6.02. The Labute approximate surface area is 186 Å². The van der Waals surface area contributed by atoms with Gasteiger partial charge in [-0.05, 0) is 42.7 Å². The lowest BCUT2D eigenvalue weighted by molar-refractivity contribution is -0.140. The number of ether oxygens (including phenoxy) is 1. The molecule has 2 aliphatic carbocycles. The highest BCUT2D eigenvalue weighted by atomic mass is 16.5. The van der Waals surface area contributed by atoms with E-state index in [1.54, 1.807) is 18.3 Å². The monoisotopic (exact) mass is 434 g/mol. The number of pyridine rings is 1. The van der Waals surface area contributed by atoms with Crippen molar-refractivity contribution in [3.8, 4) is 5.88 Å². The molecule has 2 saturated carbocycles. The van der Waals surface area contributed by atoms with Gasteiger partial charge in [-0.15, -0.1) is 0 Å². The molecule has 1 atom stereocenters. The summed E-state index contributed by atoms with van der Waals surface area (Å²) in [5.41, 5.74) is 7.15. The molecule has 2 aromatic rings. The zero-order chi connectivity index (χ0) is 22.3. The van der Waals surface area contributed by atoms with Crippen molar-refractivity contribution in [1.82, 2.24) is 15.2 Å². The van der Waals surface area contributed by atoms with Gasteiger partial charge in [-0.2, -0.15) is 0 Å². The molecule has 0 unspecified atom stereocenters. The second-order valence-corrected chi connectivity index (χ2v) is 9.22. The molecule has 5 rings (SSSR count). The largest absolute Gasteiger partial charge is 0.474 e. The molecule has 1 aromatic heterocycles. The summed E-state index contributed by atoms with van der Waals surface area (Å²) in [5, 5.41) is 2.84. The molecule has 2 heterocycles. The Morgan fingerprint density at radius 2 is 1.88 bits per heavy atom. The zero-order valence-corrected chi connectivity index (χ0v) is 17.7. The van der Waals surface area contributed by atoms with E-state index >= 15 is 0 Å². The van der Waals surface area contributed by atoms with E-state index in [4.69, 9.17) is 10.5 Å². The first-order valence-corrected chi connectivity index (χ1v) is 11.0. The Bertz CT molecular complexity index is 1040. The lowest BCUT2D eigenvalue weighted by Crippen LogP contribution is -2.60. The van der Waals surface area contributed by atoms with E-state index in [1.807, 2.05) is 30.3 Å². The standard InChI is InChI=1S/C24H26N4O4/c25-20(29)10-16-7-4-8-26-21(16)32-18-13-24(14-18)11-17(12-24)28-22(30)19(27-23(28)31)9-15-5-2-1-3-6-15/h1-8,17-19H,9-14H2,(H2,25,29)(H,27,31)/t17?,18?,19-,24?/m1/s1. The van der Waals surface area contributed by atoms with Crippen LogP contribution >= 0.6 is 0 Å². The van der Waals surface area contributed by atoms with Gasteiger partial charge >= 0.3 is 6.03 Å². The minimum Gasteiger partial charge on any atom is -0.474 e. The van der Waals surface area contributed by atoms with E-state index in [-0.39, 0.29) is 35.9 Å². The number of benzene rings is 1. The number of rotatable bonds is 7. The van der Waals surface area contributed by atoms with Crippen molar-refractivity contribution in [3.05, 3.63) is 59.8 Å². The van der Waals surface area contributed by atoms with Gasteiger partial charge in [-0.1, -0.05) is 36.4 Å². The van der Waals surface area contributed by atoms with Crippen LogP contribution in [0.1, 0.15) is 36.8 Å². The third-order valence-corrected chi connectivity index (χ3v) is 6.85. The third kappa shape index (κ3) is 3.81. The van der Waals surface area contributed by atoms with Crippen LogP contribution in [0.15, 0.2) is 48.7 Å². The molecule has 3 aliphatic rings. The molecule has 1 saturated heterocycles. The molecule has 1 spiro atoms. The molecule has 166 valence electrons. The Morgan fingerprint density at radius 3 is 2.59 bits per heavy atom. The fourth-order valence-corrected chi connectivity index (χ4v) is 5.34. The number of amides is 4. The lowest BCUT2D eigenvalue weighted by Gasteiger charge is -2.58. The van der Waals surface area contributed by atoms with Crippen molar-refractivity contribution in [2.75, 3.05) is 0 Å². The molecule has 4 amide bonds. The van der Waals surface area contributed by atoms with E-state index in [0.717, 1.165) is 31.2 Å². The van der Waals surface area contributed by atoms with Crippen LogP contribution in [0.25, 0.3) is 0 Å². The maximum absolute atomic E-state index is 12.9. The van der Waals surface area contributed by atoms with E-state index in [2.05, 4.69) is 10.3 Å². The van der Waals surface area contributed by atoms with Crippen molar-refractivity contribution in [2.24, 2.45) is 11.1 Å². The summed E-state index contributed by atoms with van der Waals surface area (Å²) in [7, 11) is 0. The van der Waals surface area contributed by atoms with Gasteiger partial charge in [0.15, 0.2) is 0 Å². The normalized spacial score (nSPS) is 28.8. The molecule has 0 radical (unpaired) electrons. The lowest BCUT2D eigenvalue weighted by atomic mass is 9.52. The minimum absolute atomic E-state index is 0.0198. The molecular formula is C24H26N4O4. The summed E-state index contributed by atoms with van der Waals surface area (Å²) >= 11 is 0. The first-order chi connectivity index (χ1) is 15.4. The summed E-state index contributed by atoms with van der Waals surface area (Å²) in [6.45, 7) is 0. The molecular weight excluding hydrogens is 408 g/mol. The highest BCUT2D eigenvalue weighted by molar-refractivity contribution is 6.04. The van der Waals surface area contributed by atoms with Crippen molar-refractivity contribution >= 4 is 17.8 Å². The Morgan fingerprint density at radius 1 is 1.12 bits per heavy atom. The van der Waals surface area contributed by atoms with Gasteiger partial charge in [0.1, 0.15) is 12.1 Å². The number of nitrogens with one attached hydrogen (secondary N) is 1. The van der Waals surface area contributed by atoms with Crippen LogP contribution in [0.2, 0.25) is 0 Å². The summed E-state index contributed by atoms with van der Waals surface area (Å²) in [4.78, 5) is 42.3. The van der Waals surface area contributed by atoms with Crippen LogP contribution in [0.5, 0.6) is 5.88 Å². The van der Waals surface area contributed by atoms with E-state index < -0.39 is 11.9 Å². The van der Waals surface area contributed by atoms with Gasteiger partial charge in [-0.3, -0.25) is 14.5 Å². The van der Waals surface area contributed by atoms with Crippen molar-refractivity contribution in [3.63, 3.8) is 0 Å². The van der Waals surface area contributed by atoms with Crippen LogP contribution in [0.3, 0.4) is 0 Å². The fraction of sp³-hybridized carbons (Fsp3) is 0.417. The zero-order valence-electron chi connectivity index (χ0n) is 17.7. The highest BCUT2D eigenvalue weighted by Gasteiger charge is 2.58. The topological polar surface area (TPSA) is 115 Å². The summed E-state index contributed by atoms with van der Waals surface area (Å²) in [5.74, 6) is -0.0934. The van der Waals surface area contributed by atoms with E-state index in [1.165, 1.54) is 4.90 Å². The number of aromatic nitrogens is 1. The van der Waals surface area contributed by atoms with Crippen LogP contribution in [0.4, 0.5) is 4.79 Å². The third-order valence-electron chi connectivity index (χ3n) is 6.85. The van der Waals surface area contributed by atoms with E-state index in [9.17, 15) is 14.4 Å². The molecule has 32 heavy (non-hydrogen) atoms. The number of carbonyl (C=O) groups is 3.